The van der Waals surface area contributed by atoms with Crippen molar-refractivity contribution in [3.63, 3.8) is 0 Å². The van der Waals surface area contributed by atoms with Crippen LogP contribution in [-0.2, 0) is 7.05 Å². The molecule has 1 aliphatic heterocycles. The molecule has 0 N–H and O–H groups in total. The molecule has 7 nitrogen and oxygen atoms in total. The minimum atomic E-state index is -0.0357. The molecule has 1 aromatic carbocycles. The lowest BCUT2D eigenvalue weighted by atomic mass is 10.1. The number of Topliss-reactive ketones (excluding diaryl/α,β-unsaturated/α-hetero) is 1. The van der Waals surface area contributed by atoms with E-state index in [9.17, 15) is 9.59 Å². The van der Waals surface area contributed by atoms with Crippen LogP contribution in [-0.4, -0.2) is 73.0 Å². The molecule has 0 unspecified atom stereocenters. The van der Waals surface area contributed by atoms with Gasteiger partial charge < -0.3 is 18.9 Å². The minimum Gasteiger partial charge on any atom is -0.493 e. The van der Waals surface area contributed by atoms with Gasteiger partial charge in [-0.2, -0.15) is 0 Å². The van der Waals surface area contributed by atoms with E-state index in [1.807, 2.05) is 36.4 Å². The first-order valence-electron chi connectivity index (χ1n) is 9.75. The van der Waals surface area contributed by atoms with Crippen LogP contribution in [0.2, 0.25) is 0 Å². The van der Waals surface area contributed by atoms with Crippen LogP contribution in [0.5, 0.6) is 11.5 Å². The number of nitrogens with zero attached hydrogens (tertiary/aromatic N) is 3. The van der Waals surface area contributed by atoms with E-state index in [-0.39, 0.29) is 11.7 Å². The van der Waals surface area contributed by atoms with Crippen LogP contribution in [0.1, 0.15) is 32.1 Å². The Balaban J connectivity index is 1.59. The van der Waals surface area contributed by atoms with Crippen LogP contribution < -0.4 is 9.47 Å². The number of carbonyl (C=O) groups is 2. The van der Waals surface area contributed by atoms with Gasteiger partial charge in [0, 0.05) is 55.7 Å². The molecule has 156 valence electrons. The fourth-order valence-corrected chi connectivity index (χ4v) is 3.69. The van der Waals surface area contributed by atoms with E-state index in [1.165, 1.54) is 0 Å². The predicted molar refractivity (Wildman–Crippen MR) is 111 cm³/mol. The maximum Gasteiger partial charge on any atom is 0.254 e. The number of benzene rings is 1. The third kappa shape index (κ3) is 4.29. The van der Waals surface area contributed by atoms with Crippen LogP contribution >= 0.6 is 0 Å². The Morgan fingerprint density at radius 3 is 2.17 bits per heavy atom. The van der Waals surface area contributed by atoms with Gasteiger partial charge in [0.15, 0.2) is 17.3 Å². The molecule has 3 rings (SSSR count). The fraction of sp³-hybridized carbons (Fsp3) is 0.455. The Hall–Kier alpha value is -2.80. The second-order valence-corrected chi connectivity index (χ2v) is 7.41. The predicted octanol–water partition coefficient (Wildman–Crippen LogP) is 2.30. The van der Waals surface area contributed by atoms with Crippen molar-refractivity contribution in [2.75, 3.05) is 46.9 Å². The molecule has 0 saturated carbocycles. The standard InChI is InChI=1S/C22H29N3O4/c1-15-12-18(16(2)23(15)3)19(26)14-24-8-10-25(11-9-24)22(27)17-6-7-20(28-4)21(13-17)29-5/h6-7,12-13H,8-11,14H2,1-5H3. The molecule has 7 heteroatoms. The Kier molecular flexibility index (Phi) is 6.27. The van der Waals surface area contributed by atoms with Crippen molar-refractivity contribution in [2.24, 2.45) is 7.05 Å². The van der Waals surface area contributed by atoms with Crippen LogP contribution in [0.25, 0.3) is 0 Å². The molecule has 1 aliphatic rings. The number of piperazine rings is 1. The van der Waals surface area contributed by atoms with Crippen molar-refractivity contribution in [3.05, 3.63) is 46.8 Å². The summed E-state index contributed by atoms with van der Waals surface area (Å²) in [5.74, 6) is 1.23. The molecular weight excluding hydrogens is 370 g/mol. The van der Waals surface area contributed by atoms with E-state index in [0.717, 1.165) is 17.0 Å². The Labute approximate surface area is 171 Å². The van der Waals surface area contributed by atoms with E-state index >= 15 is 0 Å². The molecule has 29 heavy (non-hydrogen) atoms. The lowest BCUT2D eigenvalue weighted by Gasteiger charge is -2.34. The number of hydrogen-bond donors (Lipinski definition) is 0. The Morgan fingerprint density at radius 1 is 0.966 bits per heavy atom. The quantitative estimate of drug-likeness (QED) is 0.698. The van der Waals surface area contributed by atoms with Gasteiger partial charge >= 0.3 is 0 Å². The molecule has 1 amide bonds. The summed E-state index contributed by atoms with van der Waals surface area (Å²) in [7, 11) is 5.09. The number of hydrogen-bond acceptors (Lipinski definition) is 5. The molecule has 1 saturated heterocycles. The number of aromatic nitrogens is 1. The first-order valence-corrected chi connectivity index (χ1v) is 9.75. The first kappa shape index (κ1) is 20.9. The van der Waals surface area contributed by atoms with E-state index < -0.39 is 0 Å². The van der Waals surface area contributed by atoms with Crippen LogP contribution in [0.4, 0.5) is 0 Å². The lowest BCUT2D eigenvalue weighted by molar-refractivity contribution is 0.0624. The summed E-state index contributed by atoms with van der Waals surface area (Å²) in [5.41, 5.74) is 3.43. The highest BCUT2D eigenvalue weighted by molar-refractivity contribution is 5.99. The van der Waals surface area contributed by atoms with Crippen molar-refractivity contribution < 1.29 is 19.1 Å². The molecular formula is C22H29N3O4. The van der Waals surface area contributed by atoms with Gasteiger partial charge in [-0.15, -0.1) is 0 Å². The van der Waals surface area contributed by atoms with Gasteiger partial charge in [0.2, 0.25) is 0 Å². The van der Waals surface area contributed by atoms with E-state index in [1.54, 1.807) is 32.4 Å². The van der Waals surface area contributed by atoms with Gasteiger partial charge in [-0.3, -0.25) is 14.5 Å². The molecule has 1 aromatic heterocycles. The van der Waals surface area contributed by atoms with Crippen LogP contribution in [0.3, 0.4) is 0 Å². The number of ketones is 1. The number of methoxy groups -OCH3 is 2. The summed E-state index contributed by atoms with van der Waals surface area (Å²) in [6.07, 6.45) is 0. The highest BCUT2D eigenvalue weighted by Gasteiger charge is 2.25. The molecule has 0 bridgehead atoms. The third-order valence-electron chi connectivity index (χ3n) is 5.73. The Morgan fingerprint density at radius 2 is 1.62 bits per heavy atom. The maximum atomic E-state index is 12.8. The Bertz CT molecular complexity index is 911. The zero-order chi connectivity index (χ0) is 21.1. The number of amides is 1. The van der Waals surface area contributed by atoms with E-state index in [4.69, 9.17) is 9.47 Å². The average Bonchev–Trinajstić information content (AvgIpc) is 3.00. The van der Waals surface area contributed by atoms with Crippen molar-refractivity contribution in [3.8, 4) is 11.5 Å². The SMILES string of the molecule is COc1ccc(C(=O)N2CCN(CC(=O)c3cc(C)n(C)c3C)CC2)cc1OC. The number of rotatable bonds is 6. The lowest BCUT2D eigenvalue weighted by Crippen LogP contribution is -2.49. The number of carbonyl (C=O) groups excluding carboxylic acids is 2. The zero-order valence-corrected chi connectivity index (χ0v) is 17.8. The monoisotopic (exact) mass is 399 g/mol. The maximum absolute atomic E-state index is 12.8. The third-order valence-corrected chi connectivity index (χ3v) is 5.73. The first-order chi connectivity index (χ1) is 13.8. The van der Waals surface area contributed by atoms with Gasteiger partial charge in [0.1, 0.15) is 0 Å². The van der Waals surface area contributed by atoms with Crippen molar-refractivity contribution >= 4 is 11.7 Å². The summed E-state index contributed by atoms with van der Waals surface area (Å²) in [5, 5.41) is 0. The molecule has 0 radical (unpaired) electrons. The van der Waals surface area contributed by atoms with E-state index in [2.05, 4.69) is 4.90 Å². The second kappa shape index (κ2) is 8.69. The fourth-order valence-electron chi connectivity index (χ4n) is 3.69. The summed E-state index contributed by atoms with van der Waals surface area (Å²) in [6, 6.07) is 7.15. The van der Waals surface area contributed by atoms with Gasteiger partial charge in [-0.25, -0.2) is 0 Å². The summed E-state index contributed by atoms with van der Waals surface area (Å²) < 4.78 is 12.6. The summed E-state index contributed by atoms with van der Waals surface area (Å²) in [4.78, 5) is 29.5. The van der Waals surface area contributed by atoms with Crippen molar-refractivity contribution in [1.29, 1.82) is 0 Å². The molecule has 0 atom stereocenters. The largest absolute Gasteiger partial charge is 0.493 e. The van der Waals surface area contributed by atoms with Crippen LogP contribution in [0, 0.1) is 13.8 Å². The molecule has 0 aliphatic carbocycles. The van der Waals surface area contributed by atoms with Crippen molar-refractivity contribution in [2.45, 2.75) is 13.8 Å². The highest BCUT2D eigenvalue weighted by Crippen LogP contribution is 2.28. The highest BCUT2D eigenvalue weighted by atomic mass is 16.5. The number of aryl methyl sites for hydroxylation is 1. The van der Waals surface area contributed by atoms with Gasteiger partial charge in [-0.05, 0) is 38.1 Å². The summed E-state index contributed by atoms with van der Waals surface area (Å²) in [6.45, 7) is 6.89. The molecule has 0 spiro atoms. The topological polar surface area (TPSA) is 64.0 Å². The summed E-state index contributed by atoms with van der Waals surface area (Å²) >= 11 is 0. The molecule has 2 aromatic rings. The average molecular weight is 399 g/mol. The molecule has 2 heterocycles. The van der Waals surface area contributed by atoms with Crippen molar-refractivity contribution in [1.82, 2.24) is 14.4 Å². The molecule has 1 fully saturated rings. The van der Waals surface area contributed by atoms with Gasteiger partial charge in [0.05, 0.1) is 20.8 Å². The second-order valence-electron chi connectivity index (χ2n) is 7.41. The number of ether oxygens (including phenoxy) is 2. The van der Waals surface area contributed by atoms with E-state index in [0.29, 0.717) is 49.8 Å². The zero-order valence-electron chi connectivity index (χ0n) is 17.8. The van der Waals surface area contributed by atoms with Crippen LogP contribution in [0.15, 0.2) is 24.3 Å². The van der Waals surface area contributed by atoms with Gasteiger partial charge in [-0.1, -0.05) is 0 Å². The smallest absolute Gasteiger partial charge is 0.254 e. The van der Waals surface area contributed by atoms with Gasteiger partial charge in [0.25, 0.3) is 5.91 Å². The normalized spacial score (nSPS) is 14.7. The minimum absolute atomic E-state index is 0.0357.